The number of esters is 2. The topological polar surface area (TPSA) is 52.6 Å². The van der Waals surface area contributed by atoms with Crippen molar-refractivity contribution in [2.24, 2.45) is 11.8 Å². The monoisotopic (exact) mass is 510 g/mol. The summed E-state index contributed by atoms with van der Waals surface area (Å²) in [6, 6.07) is 0. The second-order valence-corrected chi connectivity index (χ2v) is 11.7. The van der Waals surface area contributed by atoms with Crippen molar-refractivity contribution in [2.75, 3.05) is 13.2 Å². The molecule has 0 aromatic carbocycles. The maximum atomic E-state index is 11.7. The van der Waals surface area contributed by atoms with Gasteiger partial charge in [0.1, 0.15) is 0 Å². The number of hydrogen-bond donors (Lipinski definition) is 0. The van der Waals surface area contributed by atoms with Crippen molar-refractivity contribution in [1.82, 2.24) is 0 Å². The van der Waals surface area contributed by atoms with E-state index in [9.17, 15) is 9.59 Å². The Bertz CT molecular complexity index is 443. The molecule has 0 aliphatic heterocycles. The van der Waals surface area contributed by atoms with Crippen LogP contribution in [0, 0.1) is 11.8 Å². The summed E-state index contributed by atoms with van der Waals surface area (Å²) in [5.74, 6) is 0.00795. The molecule has 0 N–H and O–H groups in total. The molecular formula is C32H62O4. The Labute approximate surface area is 225 Å². The van der Waals surface area contributed by atoms with Crippen LogP contribution < -0.4 is 0 Å². The van der Waals surface area contributed by atoms with Gasteiger partial charge in [-0.1, -0.05) is 156 Å². The molecule has 0 aromatic heterocycles. The fourth-order valence-corrected chi connectivity index (χ4v) is 4.59. The summed E-state index contributed by atoms with van der Waals surface area (Å²) in [6.07, 6.45) is 27.6. The number of hydrogen-bond acceptors (Lipinski definition) is 4. The SMILES string of the molecule is CC(C)CCCCCCCCCCCCOC(=O)C(=O)OCCCCCCCCCCCCC(C)C. The van der Waals surface area contributed by atoms with Gasteiger partial charge in [0.2, 0.25) is 0 Å². The molecule has 0 heterocycles. The molecule has 0 bridgehead atoms. The van der Waals surface area contributed by atoms with E-state index in [0.717, 1.165) is 37.5 Å². The highest BCUT2D eigenvalue weighted by Crippen LogP contribution is 2.14. The molecule has 4 nitrogen and oxygen atoms in total. The van der Waals surface area contributed by atoms with Crippen LogP contribution >= 0.6 is 0 Å². The van der Waals surface area contributed by atoms with E-state index >= 15 is 0 Å². The van der Waals surface area contributed by atoms with Crippen LogP contribution in [0.2, 0.25) is 0 Å². The summed E-state index contributed by atoms with van der Waals surface area (Å²) in [5.41, 5.74) is 0. The van der Waals surface area contributed by atoms with E-state index in [1.807, 2.05) is 0 Å². The predicted octanol–water partition coefficient (Wildman–Crippen LogP) is 9.97. The zero-order valence-electron chi connectivity index (χ0n) is 24.8. The van der Waals surface area contributed by atoms with E-state index in [1.54, 1.807) is 0 Å². The summed E-state index contributed by atoms with van der Waals surface area (Å²) in [5, 5.41) is 0. The van der Waals surface area contributed by atoms with Gasteiger partial charge >= 0.3 is 11.9 Å². The van der Waals surface area contributed by atoms with E-state index in [0.29, 0.717) is 13.2 Å². The average Bonchev–Trinajstić information content (AvgIpc) is 2.84. The first-order valence-corrected chi connectivity index (χ1v) is 15.8. The average molecular weight is 511 g/mol. The highest BCUT2D eigenvalue weighted by Gasteiger charge is 2.16. The van der Waals surface area contributed by atoms with Crippen molar-refractivity contribution in [3.8, 4) is 0 Å². The lowest BCUT2D eigenvalue weighted by Gasteiger charge is -2.06. The number of carbonyl (C=O) groups is 2. The minimum atomic E-state index is -0.833. The first-order chi connectivity index (χ1) is 17.4. The smallest absolute Gasteiger partial charge is 0.417 e. The fraction of sp³-hybridized carbons (Fsp3) is 0.938. The fourth-order valence-electron chi connectivity index (χ4n) is 4.59. The number of rotatable bonds is 26. The molecule has 36 heavy (non-hydrogen) atoms. The van der Waals surface area contributed by atoms with Gasteiger partial charge in [-0.3, -0.25) is 0 Å². The summed E-state index contributed by atoms with van der Waals surface area (Å²) in [6.45, 7) is 9.84. The summed E-state index contributed by atoms with van der Waals surface area (Å²) in [7, 11) is 0. The molecule has 0 radical (unpaired) electrons. The molecule has 0 atom stereocenters. The molecule has 0 aromatic rings. The third-order valence-corrected chi connectivity index (χ3v) is 6.98. The second-order valence-electron chi connectivity index (χ2n) is 11.7. The number of ether oxygens (including phenoxy) is 2. The molecule has 0 fully saturated rings. The molecule has 0 saturated heterocycles. The van der Waals surface area contributed by atoms with Gasteiger partial charge in [0.05, 0.1) is 13.2 Å². The third kappa shape index (κ3) is 27.5. The summed E-state index contributed by atoms with van der Waals surface area (Å²) < 4.78 is 10.1. The van der Waals surface area contributed by atoms with Gasteiger partial charge in [-0.05, 0) is 24.7 Å². The quantitative estimate of drug-likeness (QED) is 0.0660. The molecule has 0 unspecified atom stereocenters. The Morgan fingerprint density at radius 1 is 0.389 bits per heavy atom. The first-order valence-electron chi connectivity index (χ1n) is 15.8. The second kappa shape index (κ2) is 27.0. The Hall–Kier alpha value is -1.06. The van der Waals surface area contributed by atoms with Crippen LogP contribution in [0.15, 0.2) is 0 Å². The van der Waals surface area contributed by atoms with Gasteiger partial charge in [0.25, 0.3) is 0 Å². The molecular weight excluding hydrogens is 448 g/mol. The lowest BCUT2D eigenvalue weighted by atomic mass is 10.0. The molecule has 4 heteroatoms. The Morgan fingerprint density at radius 3 is 0.861 bits per heavy atom. The van der Waals surface area contributed by atoms with Crippen molar-refractivity contribution in [3.05, 3.63) is 0 Å². The number of carbonyl (C=O) groups excluding carboxylic acids is 2. The van der Waals surface area contributed by atoms with Crippen LogP contribution in [0.5, 0.6) is 0 Å². The maximum absolute atomic E-state index is 11.7. The van der Waals surface area contributed by atoms with E-state index in [2.05, 4.69) is 27.7 Å². The third-order valence-electron chi connectivity index (χ3n) is 6.98. The zero-order chi connectivity index (χ0) is 26.7. The molecule has 0 amide bonds. The standard InChI is InChI=1S/C32H62O4/c1-29(2)25-21-17-13-9-5-7-11-15-19-23-27-35-31(33)32(34)36-28-24-20-16-12-8-6-10-14-18-22-26-30(3)4/h29-30H,5-28H2,1-4H3. The van der Waals surface area contributed by atoms with E-state index in [1.165, 1.54) is 116 Å². The van der Waals surface area contributed by atoms with Crippen LogP contribution in [0.25, 0.3) is 0 Å². The molecule has 0 rings (SSSR count). The summed E-state index contributed by atoms with van der Waals surface area (Å²) in [4.78, 5) is 23.5. The van der Waals surface area contributed by atoms with E-state index < -0.39 is 11.9 Å². The molecule has 0 aliphatic carbocycles. The lowest BCUT2D eigenvalue weighted by Crippen LogP contribution is -2.21. The highest BCUT2D eigenvalue weighted by molar-refractivity contribution is 6.29. The normalized spacial score (nSPS) is 11.4. The minimum absolute atomic E-state index is 0.321. The van der Waals surface area contributed by atoms with Gasteiger partial charge < -0.3 is 9.47 Å². The van der Waals surface area contributed by atoms with E-state index in [4.69, 9.17) is 9.47 Å². The Kier molecular flexibility index (Phi) is 26.2. The van der Waals surface area contributed by atoms with Crippen molar-refractivity contribution in [1.29, 1.82) is 0 Å². The lowest BCUT2D eigenvalue weighted by molar-refractivity contribution is -0.167. The van der Waals surface area contributed by atoms with Crippen molar-refractivity contribution in [3.63, 3.8) is 0 Å². The summed E-state index contributed by atoms with van der Waals surface area (Å²) >= 11 is 0. The zero-order valence-corrected chi connectivity index (χ0v) is 24.8. The molecule has 214 valence electrons. The van der Waals surface area contributed by atoms with Gasteiger partial charge in [-0.15, -0.1) is 0 Å². The van der Waals surface area contributed by atoms with Gasteiger partial charge in [-0.2, -0.15) is 0 Å². The molecule has 0 aliphatic rings. The Morgan fingerprint density at radius 2 is 0.611 bits per heavy atom. The maximum Gasteiger partial charge on any atom is 0.417 e. The van der Waals surface area contributed by atoms with Crippen molar-refractivity contribution >= 4 is 11.9 Å². The van der Waals surface area contributed by atoms with Gasteiger partial charge in [0.15, 0.2) is 0 Å². The number of unbranched alkanes of at least 4 members (excludes halogenated alkanes) is 18. The largest absolute Gasteiger partial charge is 0.457 e. The van der Waals surface area contributed by atoms with Crippen LogP contribution in [0.4, 0.5) is 0 Å². The molecule has 0 saturated carbocycles. The Balaban J connectivity index is 3.31. The van der Waals surface area contributed by atoms with Crippen molar-refractivity contribution in [2.45, 2.75) is 169 Å². The van der Waals surface area contributed by atoms with Crippen LogP contribution in [-0.4, -0.2) is 25.2 Å². The van der Waals surface area contributed by atoms with E-state index in [-0.39, 0.29) is 0 Å². The molecule has 0 spiro atoms. The first kappa shape index (κ1) is 34.9. The van der Waals surface area contributed by atoms with Crippen LogP contribution in [0.3, 0.4) is 0 Å². The predicted molar refractivity (Wildman–Crippen MR) is 153 cm³/mol. The van der Waals surface area contributed by atoms with Crippen LogP contribution in [0.1, 0.15) is 169 Å². The minimum Gasteiger partial charge on any atom is -0.457 e. The van der Waals surface area contributed by atoms with Crippen molar-refractivity contribution < 1.29 is 19.1 Å². The highest BCUT2D eigenvalue weighted by atomic mass is 16.6. The van der Waals surface area contributed by atoms with Gasteiger partial charge in [-0.25, -0.2) is 9.59 Å². The van der Waals surface area contributed by atoms with Crippen LogP contribution in [-0.2, 0) is 19.1 Å². The van der Waals surface area contributed by atoms with Gasteiger partial charge in [0, 0.05) is 0 Å².